The molecule has 1 aliphatic rings. The molecule has 1 aromatic carbocycles. The molecule has 0 bridgehead atoms. The Labute approximate surface area is 173 Å². The van der Waals surface area contributed by atoms with Crippen molar-refractivity contribution in [2.75, 3.05) is 0 Å². The summed E-state index contributed by atoms with van der Waals surface area (Å²) in [6, 6.07) is 9.70. The summed E-state index contributed by atoms with van der Waals surface area (Å²) < 4.78 is 0. The van der Waals surface area contributed by atoms with E-state index in [1.165, 1.54) is 5.56 Å². The van der Waals surface area contributed by atoms with Crippen LogP contribution in [-0.2, 0) is 11.2 Å². The number of carboxylic acid groups (broad SMARTS) is 1. The highest BCUT2D eigenvalue weighted by atomic mass is 16.4. The van der Waals surface area contributed by atoms with Crippen molar-refractivity contribution in [1.82, 2.24) is 0 Å². The molecule has 6 heteroatoms. The van der Waals surface area contributed by atoms with Crippen molar-refractivity contribution in [1.29, 1.82) is 0 Å². The zero-order chi connectivity index (χ0) is 21.1. The van der Waals surface area contributed by atoms with Gasteiger partial charge in [-0.05, 0) is 62.3 Å². The van der Waals surface area contributed by atoms with E-state index in [-0.39, 0.29) is 24.3 Å². The predicted molar refractivity (Wildman–Crippen MR) is 113 cm³/mol. The molecule has 6 nitrogen and oxygen atoms in total. The molecule has 1 saturated carbocycles. The summed E-state index contributed by atoms with van der Waals surface area (Å²) >= 11 is 0. The number of aryl methyl sites for hydroxylation is 1. The van der Waals surface area contributed by atoms with E-state index in [0.717, 1.165) is 32.1 Å². The lowest BCUT2D eigenvalue weighted by atomic mass is 9.84. The van der Waals surface area contributed by atoms with Crippen LogP contribution in [0.4, 0.5) is 0 Å². The quantitative estimate of drug-likeness (QED) is 0.316. The van der Waals surface area contributed by atoms with E-state index in [4.69, 9.17) is 5.11 Å². The molecule has 0 radical (unpaired) electrons. The van der Waals surface area contributed by atoms with Gasteiger partial charge in [0.2, 0.25) is 0 Å². The fraction of sp³-hybridized carbons (Fsp3) is 0.696. The number of carboxylic acids is 1. The van der Waals surface area contributed by atoms with Crippen molar-refractivity contribution in [3.8, 4) is 0 Å². The van der Waals surface area contributed by atoms with Gasteiger partial charge < -0.3 is 15.3 Å². The van der Waals surface area contributed by atoms with Gasteiger partial charge in [-0.15, -0.1) is 0 Å². The van der Waals surface area contributed by atoms with Crippen LogP contribution < -0.4 is 0 Å². The molecule has 0 aromatic heterocycles. The average Bonchev–Trinajstić information content (AvgIpc) is 3.02. The van der Waals surface area contributed by atoms with Gasteiger partial charge >= 0.3 is 5.97 Å². The number of benzene rings is 1. The van der Waals surface area contributed by atoms with Gasteiger partial charge in [-0.25, -0.2) is 0 Å². The number of unbranched alkanes of at least 4 members (excludes halogenated alkanes) is 3. The minimum absolute atomic E-state index is 0.0212. The summed E-state index contributed by atoms with van der Waals surface area (Å²) in [6.07, 6.45) is 6.74. The summed E-state index contributed by atoms with van der Waals surface area (Å²) in [4.78, 5) is 21.8. The van der Waals surface area contributed by atoms with Gasteiger partial charge in [0.15, 0.2) is 0 Å². The molecule has 162 valence electrons. The topological polar surface area (TPSA) is 107 Å². The smallest absolute Gasteiger partial charge is 0.303 e. The van der Waals surface area contributed by atoms with E-state index in [0.29, 0.717) is 32.1 Å². The third-order valence-corrected chi connectivity index (χ3v) is 6.28. The Morgan fingerprint density at radius 3 is 2.45 bits per heavy atom. The largest absolute Gasteiger partial charge is 0.481 e. The molecule has 0 heterocycles. The molecule has 5 atom stereocenters. The van der Waals surface area contributed by atoms with Crippen molar-refractivity contribution in [2.45, 2.75) is 88.9 Å². The first-order chi connectivity index (χ1) is 14.0. The molecule has 1 aliphatic carbocycles. The molecule has 3 N–H and O–H groups in total. The fourth-order valence-corrected chi connectivity index (χ4v) is 4.62. The first-order valence-electron chi connectivity index (χ1n) is 11.0. The number of hydrogen-bond donors (Lipinski definition) is 3. The highest BCUT2D eigenvalue weighted by molar-refractivity contribution is 5.66. The maximum Gasteiger partial charge on any atom is 0.303 e. The molecule has 0 saturated heterocycles. The summed E-state index contributed by atoms with van der Waals surface area (Å²) in [5.41, 5.74) is 1.20. The van der Waals surface area contributed by atoms with Gasteiger partial charge in [-0.3, -0.25) is 4.79 Å². The minimum Gasteiger partial charge on any atom is -0.481 e. The highest BCUT2D eigenvalue weighted by Gasteiger charge is 2.42. The van der Waals surface area contributed by atoms with Crippen LogP contribution in [-0.4, -0.2) is 39.5 Å². The van der Waals surface area contributed by atoms with Gasteiger partial charge in [0.25, 0.3) is 0 Å². The number of carbonyl (C=O) groups is 1. The van der Waals surface area contributed by atoms with Crippen LogP contribution in [0.1, 0.15) is 69.8 Å². The molecule has 0 aliphatic heterocycles. The zero-order valence-electron chi connectivity index (χ0n) is 17.2. The summed E-state index contributed by atoms with van der Waals surface area (Å²) in [5, 5.41) is 32.7. The van der Waals surface area contributed by atoms with Gasteiger partial charge in [0, 0.05) is 6.42 Å². The third kappa shape index (κ3) is 8.23. The van der Waals surface area contributed by atoms with Crippen molar-refractivity contribution in [2.24, 2.45) is 17.0 Å². The standard InChI is InChI=1S/C23H35NO5/c25-18(13-12-17-8-4-3-5-9-17)14-15-19-20(22(26)16-21(19)24-29)10-6-1-2-7-11-23(27)28/h3-5,8-9,18-22,25-26H,1-2,6-7,10-16H2,(H,27,28). The van der Waals surface area contributed by atoms with Crippen molar-refractivity contribution >= 4 is 5.97 Å². The molecular formula is C23H35NO5. The molecule has 0 spiro atoms. The highest BCUT2D eigenvalue weighted by Crippen LogP contribution is 2.40. The first kappa shape index (κ1) is 23.5. The van der Waals surface area contributed by atoms with Crippen molar-refractivity contribution in [3.63, 3.8) is 0 Å². The molecule has 1 fully saturated rings. The Bertz CT molecular complexity index is 609. The molecule has 0 amide bonds. The lowest BCUT2D eigenvalue weighted by Gasteiger charge is -2.24. The monoisotopic (exact) mass is 405 g/mol. The van der Waals surface area contributed by atoms with Crippen LogP contribution in [0.15, 0.2) is 35.5 Å². The van der Waals surface area contributed by atoms with Gasteiger partial charge in [0.05, 0.1) is 18.2 Å². The SMILES string of the molecule is O=NC1CC(O)C(CCCCCCC(=O)O)C1CCC(O)CCc1ccccc1. The number of nitroso groups, excluding NO2 is 1. The number of rotatable bonds is 14. The van der Waals surface area contributed by atoms with Crippen LogP contribution >= 0.6 is 0 Å². The summed E-state index contributed by atoms with van der Waals surface area (Å²) in [7, 11) is 0. The van der Waals surface area contributed by atoms with Crippen LogP contribution in [0.25, 0.3) is 0 Å². The lowest BCUT2D eigenvalue weighted by molar-refractivity contribution is -0.137. The number of aliphatic hydroxyl groups excluding tert-OH is 2. The maximum atomic E-state index is 11.3. The molecule has 2 rings (SSSR count). The van der Waals surface area contributed by atoms with E-state index in [1.54, 1.807) is 0 Å². The second-order valence-corrected chi connectivity index (χ2v) is 8.41. The van der Waals surface area contributed by atoms with E-state index in [9.17, 15) is 19.9 Å². The van der Waals surface area contributed by atoms with Crippen molar-refractivity contribution < 1.29 is 20.1 Å². The Hall–Kier alpha value is -1.79. The number of aliphatic hydroxyl groups is 2. The lowest BCUT2D eigenvalue weighted by Crippen LogP contribution is -2.23. The molecule has 5 unspecified atom stereocenters. The van der Waals surface area contributed by atoms with Crippen LogP contribution in [0.3, 0.4) is 0 Å². The van der Waals surface area contributed by atoms with E-state index < -0.39 is 18.2 Å². The normalized spacial score (nSPS) is 25.0. The van der Waals surface area contributed by atoms with E-state index in [2.05, 4.69) is 17.3 Å². The Kier molecular flexibility index (Phi) is 10.3. The maximum absolute atomic E-state index is 11.3. The predicted octanol–water partition coefficient (Wildman–Crippen LogP) is 4.32. The molecule has 29 heavy (non-hydrogen) atoms. The van der Waals surface area contributed by atoms with Crippen LogP contribution in [0.5, 0.6) is 0 Å². The number of hydrogen-bond acceptors (Lipinski definition) is 5. The van der Waals surface area contributed by atoms with E-state index >= 15 is 0 Å². The second kappa shape index (κ2) is 12.7. The molecule has 1 aromatic rings. The van der Waals surface area contributed by atoms with E-state index in [1.807, 2.05) is 18.2 Å². The van der Waals surface area contributed by atoms with Gasteiger partial charge in [0.1, 0.15) is 0 Å². The van der Waals surface area contributed by atoms with Gasteiger partial charge in [-0.1, -0.05) is 54.8 Å². The zero-order valence-corrected chi connectivity index (χ0v) is 17.2. The Morgan fingerprint density at radius 1 is 1.03 bits per heavy atom. The van der Waals surface area contributed by atoms with Crippen LogP contribution in [0, 0.1) is 16.7 Å². The minimum atomic E-state index is -0.762. The number of nitrogens with zero attached hydrogens (tertiary/aromatic N) is 1. The Morgan fingerprint density at radius 2 is 1.76 bits per heavy atom. The third-order valence-electron chi connectivity index (χ3n) is 6.28. The first-order valence-corrected chi connectivity index (χ1v) is 11.0. The number of aliphatic carboxylic acids is 1. The van der Waals surface area contributed by atoms with Crippen molar-refractivity contribution in [3.05, 3.63) is 40.8 Å². The summed E-state index contributed by atoms with van der Waals surface area (Å²) in [5.74, 6) is -0.701. The van der Waals surface area contributed by atoms with Crippen LogP contribution in [0.2, 0.25) is 0 Å². The van der Waals surface area contributed by atoms with Gasteiger partial charge in [-0.2, -0.15) is 4.91 Å². The molecular weight excluding hydrogens is 370 g/mol. The summed E-state index contributed by atoms with van der Waals surface area (Å²) in [6.45, 7) is 0. The second-order valence-electron chi connectivity index (χ2n) is 8.41. The Balaban J connectivity index is 1.75. The average molecular weight is 406 g/mol. The fourth-order valence-electron chi connectivity index (χ4n) is 4.62.